The van der Waals surface area contributed by atoms with Crippen molar-refractivity contribution in [2.75, 3.05) is 7.11 Å². The van der Waals surface area contributed by atoms with Gasteiger partial charge >= 0.3 is 5.97 Å². The highest BCUT2D eigenvalue weighted by molar-refractivity contribution is 6.33. The van der Waals surface area contributed by atoms with E-state index < -0.39 is 5.97 Å². The monoisotopic (exact) mass is 230 g/mol. The van der Waals surface area contributed by atoms with Gasteiger partial charge in [0.15, 0.2) is 0 Å². The van der Waals surface area contributed by atoms with Crippen molar-refractivity contribution >= 4 is 17.6 Å². The fourth-order valence-corrected chi connectivity index (χ4v) is 1.51. The molecule has 0 saturated carbocycles. The molecular formula is C10H11ClO4. The van der Waals surface area contributed by atoms with E-state index in [0.717, 1.165) is 0 Å². The van der Waals surface area contributed by atoms with Crippen LogP contribution >= 0.6 is 11.6 Å². The lowest BCUT2D eigenvalue weighted by atomic mass is 10.1. The van der Waals surface area contributed by atoms with Crippen molar-refractivity contribution in [3.8, 4) is 11.5 Å². The number of phenolic OH excluding ortho intramolecular Hbond substituents is 1. The molecule has 0 spiro atoms. The number of halogens is 1. The molecular weight excluding hydrogens is 220 g/mol. The van der Waals surface area contributed by atoms with Gasteiger partial charge in [-0.2, -0.15) is 0 Å². The first-order valence-corrected chi connectivity index (χ1v) is 4.70. The Hall–Kier alpha value is -1.42. The van der Waals surface area contributed by atoms with Crippen molar-refractivity contribution in [3.63, 3.8) is 0 Å². The molecule has 0 heterocycles. The zero-order valence-electron chi connectivity index (χ0n) is 8.16. The topological polar surface area (TPSA) is 66.8 Å². The highest BCUT2D eigenvalue weighted by Gasteiger charge is 2.12. The normalized spacial score (nSPS) is 10.0. The Kier molecular flexibility index (Phi) is 3.80. The number of methoxy groups -OCH3 is 1. The molecule has 1 aromatic carbocycles. The van der Waals surface area contributed by atoms with Gasteiger partial charge in [0.25, 0.3) is 0 Å². The number of carboxylic acid groups (broad SMARTS) is 1. The minimum Gasteiger partial charge on any atom is -0.506 e. The minimum atomic E-state index is -0.888. The number of benzene rings is 1. The van der Waals surface area contributed by atoms with Gasteiger partial charge in [-0.05, 0) is 18.1 Å². The second-order valence-corrected chi connectivity index (χ2v) is 3.36. The smallest absolute Gasteiger partial charge is 0.303 e. The first-order chi connectivity index (χ1) is 7.06. The highest BCUT2D eigenvalue weighted by Crippen LogP contribution is 2.36. The fourth-order valence-electron chi connectivity index (χ4n) is 1.24. The number of aliphatic carboxylic acids is 1. The molecule has 0 radical (unpaired) electrons. The van der Waals surface area contributed by atoms with E-state index in [-0.39, 0.29) is 17.2 Å². The third-order valence-electron chi connectivity index (χ3n) is 1.97. The van der Waals surface area contributed by atoms with Gasteiger partial charge in [-0.25, -0.2) is 0 Å². The Morgan fingerprint density at radius 2 is 2.20 bits per heavy atom. The molecule has 0 saturated heterocycles. The van der Waals surface area contributed by atoms with Gasteiger partial charge < -0.3 is 14.9 Å². The Balaban J connectivity index is 2.97. The maximum Gasteiger partial charge on any atom is 0.303 e. The second-order valence-electron chi connectivity index (χ2n) is 2.98. The van der Waals surface area contributed by atoms with Crippen molar-refractivity contribution < 1.29 is 19.7 Å². The van der Waals surface area contributed by atoms with Crippen molar-refractivity contribution in [2.45, 2.75) is 12.8 Å². The molecule has 4 nitrogen and oxygen atoms in total. The summed E-state index contributed by atoms with van der Waals surface area (Å²) in [5.41, 5.74) is 0.669. The van der Waals surface area contributed by atoms with Crippen LogP contribution in [0, 0.1) is 0 Å². The molecule has 1 aromatic rings. The molecule has 82 valence electrons. The van der Waals surface area contributed by atoms with Gasteiger partial charge in [0, 0.05) is 6.42 Å². The lowest BCUT2D eigenvalue weighted by Gasteiger charge is -2.10. The van der Waals surface area contributed by atoms with Crippen LogP contribution in [-0.2, 0) is 11.2 Å². The summed E-state index contributed by atoms with van der Waals surface area (Å²) in [6.45, 7) is 0. The summed E-state index contributed by atoms with van der Waals surface area (Å²) < 4.78 is 5.00. The third-order valence-corrected chi connectivity index (χ3v) is 2.34. The van der Waals surface area contributed by atoms with Crippen LogP contribution in [-0.4, -0.2) is 23.3 Å². The summed E-state index contributed by atoms with van der Waals surface area (Å²) >= 11 is 5.79. The van der Waals surface area contributed by atoms with E-state index in [1.807, 2.05) is 0 Å². The van der Waals surface area contributed by atoms with E-state index in [1.165, 1.54) is 13.2 Å². The van der Waals surface area contributed by atoms with Gasteiger partial charge in [0.2, 0.25) is 0 Å². The molecule has 0 aliphatic heterocycles. The van der Waals surface area contributed by atoms with Crippen molar-refractivity contribution in [1.82, 2.24) is 0 Å². The van der Waals surface area contributed by atoms with E-state index in [0.29, 0.717) is 17.7 Å². The number of hydrogen-bond donors (Lipinski definition) is 2. The first kappa shape index (κ1) is 11.7. The van der Waals surface area contributed by atoms with Gasteiger partial charge in [-0.1, -0.05) is 17.7 Å². The molecule has 5 heteroatoms. The Morgan fingerprint density at radius 1 is 1.53 bits per heavy atom. The lowest BCUT2D eigenvalue weighted by molar-refractivity contribution is -0.136. The quantitative estimate of drug-likeness (QED) is 0.831. The summed E-state index contributed by atoms with van der Waals surface area (Å²) in [5.74, 6) is -0.633. The van der Waals surface area contributed by atoms with E-state index in [9.17, 15) is 9.90 Å². The van der Waals surface area contributed by atoms with Crippen LogP contribution < -0.4 is 4.74 Å². The van der Waals surface area contributed by atoms with Gasteiger partial charge in [0.1, 0.15) is 16.5 Å². The maximum atomic E-state index is 10.4. The van der Waals surface area contributed by atoms with Gasteiger partial charge in [-0.3, -0.25) is 4.79 Å². The first-order valence-electron chi connectivity index (χ1n) is 4.32. The number of carbonyl (C=O) groups is 1. The average Bonchev–Trinajstić information content (AvgIpc) is 2.19. The van der Waals surface area contributed by atoms with Crippen molar-refractivity contribution in [3.05, 3.63) is 22.7 Å². The van der Waals surface area contributed by atoms with Gasteiger partial charge in [-0.15, -0.1) is 0 Å². The summed E-state index contributed by atoms with van der Waals surface area (Å²) in [6.07, 6.45) is 0.315. The van der Waals surface area contributed by atoms with E-state index in [1.54, 1.807) is 6.07 Å². The van der Waals surface area contributed by atoms with Crippen LogP contribution in [0.3, 0.4) is 0 Å². The molecule has 2 N–H and O–H groups in total. The molecule has 0 atom stereocenters. The maximum absolute atomic E-state index is 10.4. The summed E-state index contributed by atoms with van der Waals surface area (Å²) in [4.78, 5) is 10.4. The van der Waals surface area contributed by atoms with Crippen LogP contribution in [0.4, 0.5) is 0 Å². The second kappa shape index (κ2) is 4.89. The predicted octanol–water partition coefficient (Wildman–Crippen LogP) is 2.07. The average molecular weight is 231 g/mol. The van der Waals surface area contributed by atoms with Gasteiger partial charge in [0.05, 0.1) is 7.11 Å². The van der Waals surface area contributed by atoms with Crippen molar-refractivity contribution in [1.29, 1.82) is 0 Å². The molecule has 0 aliphatic carbocycles. The van der Waals surface area contributed by atoms with E-state index in [2.05, 4.69) is 0 Å². The summed E-state index contributed by atoms with van der Waals surface area (Å²) in [5, 5.41) is 18.0. The summed E-state index contributed by atoms with van der Waals surface area (Å²) in [7, 11) is 1.42. The summed E-state index contributed by atoms with van der Waals surface area (Å²) in [6, 6.07) is 3.02. The number of rotatable bonds is 4. The van der Waals surface area contributed by atoms with Crippen LogP contribution in [0.15, 0.2) is 12.1 Å². The number of phenols is 1. The molecule has 0 aromatic heterocycles. The van der Waals surface area contributed by atoms with Crippen LogP contribution in [0.5, 0.6) is 11.5 Å². The standard InChI is InChI=1S/C10H11ClO4/c1-15-10-6(3-5-8(13)14)2-4-7(12)9(10)11/h2,4,12H,3,5H2,1H3,(H,13,14). The molecule has 0 unspecified atom stereocenters. The lowest BCUT2D eigenvalue weighted by Crippen LogP contribution is -1.99. The Labute approximate surface area is 92.1 Å². The third kappa shape index (κ3) is 2.76. The number of aryl methyl sites for hydroxylation is 1. The number of hydrogen-bond acceptors (Lipinski definition) is 3. The van der Waals surface area contributed by atoms with Crippen LogP contribution in [0.25, 0.3) is 0 Å². The van der Waals surface area contributed by atoms with Crippen LogP contribution in [0.1, 0.15) is 12.0 Å². The van der Waals surface area contributed by atoms with E-state index >= 15 is 0 Å². The minimum absolute atomic E-state index is 0.00252. The predicted molar refractivity (Wildman–Crippen MR) is 55.6 cm³/mol. The SMILES string of the molecule is COc1c(CCC(=O)O)ccc(O)c1Cl. The molecule has 15 heavy (non-hydrogen) atoms. The fraction of sp³-hybridized carbons (Fsp3) is 0.300. The van der Waals surface area contributed by atoms with Crippen LogP contribution in [0.2, 0.25) is 5.02 Å². The van der Waals surface area contributed by atoms with Crippen molar-refractivity contribution in [2.24, 2.45) is 0 Å². The largest absolute Gasteiger partial charge is 0.506 e. The Bertz CT molecular complexity index is 376. The number of carboxylic acids is 1. The molecule has 0 amide bonds. The van der Waals surface area contributed by atoms with E-state index in [4.69, 9.17) is 21.4 Å². The number of aromatic hydroxyl groups is 1. The molecule has 0 bridgehead atoms. The zero-order valence-corrected chi connectivity index (χ0v) is 8.91. The molecule has 0 fully saturated rings. The highest BCUT2D eigenvalue weighted by atomic mass is 35.5. The molecule has 1 rings (SSSR count). The molecule has 0 aliphatic rings. The number of ether oxygens (including phenoxy) is 1. The zero-order chi connectivity index (χ0) is 11.4. The Morgan fingerprint density at radius 3 is 2.73 bits per heavy atom.